The van der Waals surface area contributed by atoms with E-state index in [-0.39, 0.29) is 15.5 Å². The summed E-state index contributed by atoms with van der Waals surface area (Å²) in [5.74, 6) is -0.133. The Morgan fingerprint density at radius 2 is 2.04 bits per heavy atom. The van der Waals surface area contributed by atoms with Crippen molar-refractivity contribution in [2.75, 3.05) is 4.72 Å². The molecule has 0 spiro atoms. The Hall–Kier alpha value is -1.93. The number of amides is 1. The second-order valence-electron chi connectivity index (χ2n) is 6.39. The van der Waals surface area contributed by atoms with E-state index in [0.717, 1.165) is 21.9 Å². The number of anilines is 1. The van der Waals surface area contributed by atoms with Crippen LogP contribution >= 0.6 is 11.3 Å². The van der Waals surface area contributed by atoms with Gasteiger partial charge in [-0.3, -0.25) is 9.52 Å². The van der Waals surface area contributed by atoms with Crippen molar-refractivity contribution in [3.63, 3.8) is 0 Å². The Balaban J connectivity index is 1.87. The molecule has 23 heavy (non-hydrogen) atoms. The molecule has 0 saturated carbocycles. The van der Waals surface area contributed by atoms with Gasteiger partial charge >= 0.3 is 0 Å². The molecule has 3 rings (SSSR count). The number of benzene rings is 1. The predicted molar refractivity (Wildman–Crippen MR) is 89.2 cm³/mol. The van der Waals surface area contributed by atoms with Crippen molar-refractivity contribution in [2.24, 2.45) is 0 Å². The Labute approximate surface area is 139 Å². The van der Waals surface area contributed by atoms with Gasteiger partial charge in [-0.15, -0.1) is 11.3 Å². The predicted octanol–water partition coefficient (Wildman–Crippen LogP) is 2.48. The second-order valence-corrected chi connectivity index (χ2v) is 9.33. The Bertz CT molecular complexity index is 880. The molecule has 0 atom stereocenters. The lowest BCUT2D eigenvalue weighted by atomic mass is 9.98. The maximum atomic E-state index is 12.5. The van der Waals surface area contributed by atoms with E-state index in [2.05, 4.69) is 15.0 Å². The molecule has 0 unspecified atom stereocenters. The summed E-state index contributed by atoms with van der Waals surface area (Å²) in [4.78, 5) is 15.7. The zero-order chi connectivity index (χ0) is 16.8. The summed E-state index contributed by atoms with van der Waals surface area (Å²) in [5.41, 5.74) is 1.61. The molecule has 6 nitrogen and oxygen atoms in total. The molecule has 2 N–H and O–H groups in total. The minimum atomic E-state index is -3.68. The number of nitrogens with one attached hydrogen (secondary N) is 2. The van der Waals surface area contributed by atoms with Gasteiger partial charge in [-0.2, -0.15) is 0 Å². The first kappa shape index (κ1) is 15.9. The highest BCUT2D eigenvalue weighted by molar-refractivity contribution is 7.94. The van der Waals surface area contributed by atoms with Crippen LogP contribution in [-0.4, -0.2) is 19.3 Å². The maximum Gasteiger partial charge on any atom is 0.273 e. The molecule has 2 heterocycles. The van der Waals surface area contributed by atoms with Crippen molar-refractivity contribution in [1.29, 1.82) is 0 Å². The van der Waals surface area contributed by atoms with Crippen molar-refractivity contribution < 1.29 is 13.2 Å². The van der Waals surface area contributed by atoms with Crippen molar-refractivity contribution >= 4 is 33.0 Å². The molecule has 8 heteroatoms. The number of hydrogen-bond acceptors (Lipinski definition) is 5. The van der Waals surface area contributed by atoms with Crippen LogP contribution < -0.4 is 10.0 Å². The highest BCUT2D eigenvalue weighted by atomic mass is 32.2. The van der Waals surface area contributed by atoms with E-state index in [1.165, 1.54) is 6.20 Å². The summed E-state index contributed by atoms with van der Waals surface area (Å²) in [7, 11) is -3.68. The third-order valence-corrected chi connectivity index (χ3v) is 6.70. The summed E-state index contributed by atoms with van der Waals surface area (Å²) in [6.07, 6.45) is 1.38. The van der Waals surface area contributed by atoms with Crippen LogP contribution in [0.5, 0.6) is 0 Å². The van der Waals surface area contributed by atoms with Gasteiger partial charge in [0.25, 0.3) is 15.9 Å². The van der Waals surface area contributed by atoms with Gasteiger partial charge in [0.2, 0.25) is 0 Å². The van der Waals surface area contributed by atoms with Gasteiger partial charge in [0, 0.05) is 23.2 Å². The third-order valence-electron chi connectivity index (χ3n) is 3.43. The van der Waals surface area contributed by atoms with Crippen LogP contribution in [0.4, 0.5) is 5.69 Å². The number of rotatable bonds is 3. The van der Waals surface area contributed by atoms with Gasteiger partial charge in [0.15, 0.2) is 4.21 Å². The van der Waals surface area contributed by atoms with E-state index >= 15 is 0 Å². The molecular weight excluding hydrogens is 334 g/mol. The average molecular weight is 351 g/mol. The first-order valence-corrected chi connectivity index (χ1v) is 9.37. The number of thiazole rings is 1. The second kappa shape index (κ2) is 5.31. The van der Waals surface area contributed by atoms with Gasteiger partial charge in [0.05, 0.1) is 11.2 Å². The lowest BCUT2D eigenvalue weighted by Gasteiger charge is -2.13. The number of fused-ring (bicyclic) bond motifs is 1. The minimum Gasteiger partial charge on any atom is -0.348 e. The smallest absolute Gasteiger partial charge is 0.273 e. The quantitative estimate of drug-likeness (QED) is 0.889. The number of sulfonamides is 1. The third kappa shape index (κ3) is 3.09. The van der Waals surface area contributed by atoms with Crippen molar-refractivity contribution in [3.05, 3.63) is 40.5 Å². The minimum absolute atomic E-state index is 0.133. The summed E-state index contributed by atoms with van der Waals surface area (Å²) in [6, 6.07) is 4.90. The topological polar surface area (TPSA) is 88.2 Å². The fourth-order valence-corrected chi connectivity index (χ4v) is 4.47. The van der Waals surface area contributed by atoms with Gasteiger partial charge in [-0.1, -0.05) is 20.8 Å². The molecule has 1 aliphatic heterocycles. The van der Waals surface area contributed by atoms with Crippen molar-refractivity contribution in [1.82, 2.24) is 10.3 Å². The van der Waals surface area contributed by atoms with E-state index in [9.17, 15) is 13.2 Å². The van der Waals surface area contributed by atoms with Crippen LogP contribution in [0.1, 0.15) is 41.7 Å². The standard InChI is InChI=1S/C15H17N3O3S2/c1-15(2,3)14-17-8-12(22-14)23(20,21)18-10-4-5-11-9(6-10)7-16-13(11)19/h4-6,8,18H,7H2,1-3H3,(H,16,19). The SMILES string of the molecule is CC(C)(C)c1ncc(S(=O)(=O)Nc2ccc3c(c2)CNC3=O)s1. The molecule has 0 bridgehead atoms. The zero-order valence-electron chi connectivity index (χ0n) is 13.0. The first-order chi connectivity index (χ1) is 10.7. The molecule has 1 aromatic heterocycles. The molecule has 1 aromatic carbocycles. The largest absolute Gasteiger partial charge is 0.348 e. The van der Waals surface area contributed by atoms with Gasteiger partial charge < -0.3 is 5.32 Å². The lowest BCUT2D eigenvalue weighted by molar-refractivity contribution is 0.0965. The Morgan fingerprint density at radius 1 is 1.30 bits per heavy atom. The molecule has 1 amide bonds. The van der Waals surface area contributed by atoms with E-state index < -0.39 is 10.0 Å². The van der Waals surface area contributed by atoms with Crippen molar-refractivity contribution in [3.8, 4) is 0 Å². The molecular formula is C15H17N3O3S2. The Kier molecular flexibility index (Phi) is 3.68. The molecule has 122 valence electrons. The monoisotopic (exact) mass is 351 g/mol. The number of nitrogens with zero attached hydrogens (tertiary/aromatic N) is 1. The number of carbonyl (C=O) groups excluding carboxylic acids is 1. The van der Waals surface area contributed by atoms with Gasteiger partial charge in [-0.05, 0) is 23.8 Å². The van der Waals surface area contributed by atoms with Crippen LogP contribution in [-0.2, 0) is 22.0 Å². The van der Waals surface area contributed by atoms with E-state index in [0.29, 0.717) is 17.8 Å². The van der Waals surface area contributed by atoms with E-state index in [1.54, 1.807) is 18.2 Å². The number of carbonyl (C=O) groups is 1. The van der Waals surface area contributed by atoms with E-state index in [4.69, 9.17) is 0 Å². The van der Waals surface area contributed by atoms with Crippen LogP contribution in [0.25, 0.3) is 0 Å². The number of hydrogen-bond donors (Lipinski definition) is 2. The average Bonchev–Trinajstić information content (AvgIpc) is 3.06. The Morgan fingerprint density at radius 3 is 2.70 bits per heavy atom. The molecule has 1 aliphatic rings. The zero-order valence-corrected chi connectivity index (χ0v) is 14.6. The van der Waals surface area contributed by atoms with Gasteiger partial charge in [-0.25, -0.2) is 13.4 Å². The van der Waals surface area contributed by atoms with Crippen LogP contribution in [0, 0.1) is 0 Å². The van der Waals surface area contributed by atoms with Crippen LogP contribution in [0.3, 0.4) is 0 Å². The maximum absolute atomic E-state index is 12.5. The fourth-order valence-electron chi connectivity index (χ4n) is 2.23. The lowest BCUT2D eigenvalue weighted by Crippen LogP contribution is -2.12. The van der Waals surface area contributed by atoms with Crippen LogP contribution in [0.15, 0.2) is 28.6 Å². The highest BCUT2D eigenvalue weighted by Gasteiger charge is 2.25. The highest BCUT2D eigenvalue weighted by Crippen LogP contribution is 2.30. The summed E-state index contributed by atoms with van der Waals surface area (Å²) < 4.78 is 27.7. The summed E-state index contributed by atoms with van der Waals surface area (Å²) >= 11 is 1.16. The normalized spacial score (nSPS) is 14.5. The molecule has 0 saturated heterocycles. The number of aromatic nitrogens is 1. The van der Waals surface area contributed by atoms with Crippen LogP contribution in [0.2, 0.25) is 0 Å². The molecule has 2 aromatic rings. The molecule has 0 radical (unpaired) electrons. The van der Waals surface area contributed by atoms with Gasteiger partial charge in [0.1, 0.15) is 0 Å². The fraction of sp³-hybridized carbons (Fsp3) is 0.333. The molecule has 0 fully saturated rings. The van der Waals surface area contributed by atoms with Crippen molar-refractivity contribution in [2.45, 2.75) is 36.9 Å². The van der Waals surface area contributed by atoms with E-state index in [1.807, 2.05) is 20.8 Å². The molecule has 0 aliphatic carbocycles. The summed E-state index contributed by atoms with van der Waals surface area (Å²) in [6.45, 7) is 6.37. The summed E-state index contributed by atoms with van der Waals surface area (Å²) in [5, 5.41) is 3.47. The first-order valence-electron chi connectivity index (χ1n) is 7.07.